The molecule has 6 heteroatoms. The van der Waals surface area contributed by atoms with Crippen LogP contribution >= 0.6 is 11.3 Å². The van der Waals surface area contributed by atoms with E-state index < -0.39 is 0 Å². The second-order valence-corrected chi connectivity index (χ2v) is 8.13. The summed E-state index contributed by atoms with van der Waals surface area (Å²) in [6.45, 7) is 2.80. The fourth-order valence-electron chi connectivity index (χ4n) is 3.67. The minimum atomic E-state index is 0.0350. The van der Waals surface area contributed by atoms with E-state index in [2.05, 4.69) is 34.7 Å². The largest absolute Gasteiger partial charge is 0.464 e. The predicted octanol–water partition coefficient (Wildman–Crippen LogP) is 4.74. The number of imidazole rings is 1. The molecule has 0 unspecified atom stereocenters. The molecule has 0 aliphatic heterocycles. The normalized spacial score (nSPS) is 11.5. The van der Waals surface area contributed by atoms with E-state index in [4.69, 9.17) is 9.40 Å². The SMILES string of the molecule is Cc1ccc2c(c1)nc(CCc1coc3ccccc3c1=O)n2Cc1cncs1. The Labute approximate surface area is 171 Å². The Morgan fingerprint density at radius 2 is 2.03 bits per heavy atom. The van der Waals surface area contributed by atoms with Gasteiger partial charge in [-0.3, -0.25) is 9.78 Å². The maximum absolute atomic E-state index is 12.8. The van der Waals surface area contributed by atoms with Gasteiger partial charge in [-0.25, -0.2) is 4.98 Å². The Morgan fingerprint density at radius 1 is 1.14 bits per heavy atom. The third-order valence-corrected chi connectivity index (χ3v) is 5.91. The van der Waals surface area contributed by atoms with E-state index in [1.165, 1.54) is 10.4 Å². The van der Waals surface area contributed by atoms with E-state index in [1.54, 1.807) is 17.6 Å². The second-order valence-electron chi connectivity index (χ2n) is 7.16. The van der Waals surface area contributed by atoms with Crippen molar-refractivity contribution in [2.24, 2.45) is 0 Å². The van der Waals surface area contributed by atoms with Crippen molar-refractivity contribution >= 4 is 33.3 Å². The van der Waals surface area contributed by atoms with E-state index in [9.17, 15) is 4.79 Å². The lowest BCUT2D eigenvalue weighted by Gasteiger charge is -2.08. The first-order chi connectivity index (χ1) is 14.2. The Balaban J connectivity index is 1.51. The van der Waals surface area contributed by atoms with Gasteiger partial charge in [0.25, 0.3) is 0 Å². The second kappa shape index (κ2) is 7.29. The summed E-state index contributed by atoms with van der Waals surface area (Å²) in [5.41, 5.74) is 6.44. The maximum atomic E-state index is 12.8. The zero-order valence-electron chi connectivity index (χ0n) is 16.0. The van der Waals surface area contributed by atoms with Crippen LogP contribution in [0.1, 0.15) is 21.8 Å². The number of para-hydroxylation sites is 1. The number of thiazole rings is 1. The highest BCUT2D eigenvalue weighted by molar-refractivity contribution is 7.09. The van der Waals surface area contributed by atoms with Gasteiger partial charge in [-0.1, -0.05) is 18.2 Å². The number of benzene rings is 2. The first-order valence-electron chi connectivity index (χ1n) is 9.51. The zero-order chi connectivity index (χ0) is 19.8. The number of aromatic nitrogens is 3. The molecule has 3 heterocycles. The van der Waals surface area contributed by atoms with Gasteiger partial charge in [0.05, 0.1) is 34.7 Å². The lowest BCUT2D eigenvalue weighted by molar-refractivity contribution is 0.590. The van der Waals surface area contributed by atoms with Crippen LogP contribution in [0.25, 0.3) is 22.0 Å². The lowest BCUT2D eigenvalue weighted by Crippen LogP contribution is -2.12. The Morgan fingerprint density at radius 3 is 2.90 bits per heavy atom. The molecule has 3 aromatic heterocycles. The predicted molar refractivity (Wildman–Crippen MR) is 116 cm³/mol. The van der Waals surface area contributed by atoms with Crippen LogP contribution in [0.3, 0.4) is 0 Å². The molecule has 0 aliphatic rings. The third-order valence-electron chi connectivity index (χ3n) is 5.15. The van der Waals surface area contributed by atoms with Gasteiger partial charge in [-0.2, -0.15) is 0 Å². The molecule has 0 amide bonds. The molecule has 0 radical (unpaired) electrons. The van der Waals surface area contributed by atoms with Gasteiger partial charge in [0.2, 0.25) is 0 Å². The summed E-state index contributed by atoms with van der Waals surface area (Å²) < 4.78 is 7.90. The number of hydrogen-bond acceptors (Lipinski definition) is 5. The lowest BCUT2D eigenvalue weighted by atomic mass is 10.1. The van der Waals surface area contributed by atoms with Crippen LogP contribution in [0.2, 0.25) is 0 Å². The molecule has 0 fully saturated rings. The molecule has 5 nitrogen and oxygen atoms in total. The summed E-state index contributed by atoms with van der Waals surface area (Å²) in [4.78, 5) is 23.1. The zero-order valence-corrected chi connectivity index (χ0v) is 16.8. The Hall–Kier alpha value is -3.25. The molecule has 144 valence electrons. The van der Waals surface area contributed by atoms with Crippen LogP contribution in [-0.2, 0) is 19.4 Å². The molecule has 0 saturated carbocycles. The van der Waals surface area contributed by atoms with Gasteiger partial charge < -0.3 is 8.98 Å². The summed E-state index contributed by atoms with van der Waals surface area (Å²) in [5, 5.41) is 0.624. The number of nitrogens with zero attached hydrogens (tertiary/aromatic N) is 3. The average Bonchev–Trinajstić information content (AvgIpc) is 3.36. The highest BCUT2D eigenvalue weighted by Crippen LogP contribution is 2.22. The molecule has 2 aromatic carbocycles. The first-order valence-corrected chi connectivity index (χ1v) is 10.4. The van der Waals surface area contributed by atoms with Crippen LogP contribution in [0.4, 0.5) is 0 Å². The van der Waals surface area contributed by atoms with Crippen molar-refractivity contribution in [3.63, 3.8) is 0 Å². The van der Waals surface area contributed by atoms with Crippen molar-refractivity contribution in [2.45, 2.75) is 26.3 Å². The van der Waals surface area contributed by atoms with Gasteiger partial charge in [0.1, 0.15) is 11.4 Å². The van der Waals surface area contributed by atoms with Crippen LogP contribution in [0, 0.1) is 6.92 Å². The number of rotatable bonds is 5. The van der Waals surface area contributed by atoms with Gasteiger partial charge in [-0.05, 0) is 43.2 Å². The van der Waals surface area contributed by atoms with E-state index in [0.717, 1.165) is 23.4 Å². The van der Waals surface area contributed by atoms with Gasteiger partial charge in [-0.15, -0.1) is 11.3 Å². The Kier molecular flexibility index (Phi) is 4.48. The minimum absolute atomic E-state index is 0.0350. The fourth-order valence-corrected chi connectivity index (χ4v) is 4.25. The summed E-state index contributed by atoms with van der Waals surface area (Å²) >= 11 is 1.64. The molecular weight excluding hydrogens is 382 g/mol. The smallest absolute Gasteiger partial charge is 0.195 e. The average molecular weight is 401 g/mol. The van der Waals surface area contributed by atoms with Crippen molar-refractivity contribution in [2.75, 3.05) is 0 Å². The number of hydrogen-bond donors (Lipinski definition) is 0. The topological polar surface area (TPSA) is 60.9 Å². The molecule has 5 aromatic rings. The fraction of sp³-hybridized carbons (Fsp3) is 0.174. The van der Waals surface area contributed by atoms with Gasteiger partial charge in [0, 0.05) is 23.1 Å². The van der Waals surface area contributed by atoms with Crippen LogP contribution in [-0.4, -0.2) is 14.5 Å². The highest BCUT2D eigenvalue weighted by Gasteiger charge is 2.14. The van der Waals surface area contributed by atoms with Gasteiger partial charge in [0.15, 0.2) is 5.43 Å². The summed E-state index contributed by atoms with van der Waals surface area (Å²) in [7, 11) is 0. The number of aryl methyl sites for hydroxylation is 3. The molecule has 29 heavy (non-hydrogen) atoms. The van der Waals surface area contributed by atoms with Crippen molar-refractivity contribution < 1.29 is 4.42 Å². The highest BCUT2D eigenvalue weighted by atomic mass is 32.1. The van der Waals surface area contributed by atoms with E-state index >= 15 is 0 Å². The molecule has 0 aliphatic carbocycles. The minimum Gasteiger partial charge on any atom is -0.464 e. The summed E-state index contributed by atoms with van der Waals surface area (Å²) in [5.74, 6) is 0.964. The molecule has 0 bridgehead atoms. The van der Waals surface area contributed by atoms with Crippen LogP contribution in [0.5, 0.6) is 0 Å². The first kappa shape index (κ1) is 17.8. The number of fused-ring (bicyclic) bond motifs is 2. The molecular formula is C23H19N3O2S. The maximum Gasteiger partial charge on any atom is 0.195 e. The molecule has 0 saturated heterocycles. The standard InChI is InChI=1S/C23H19N3O2S/c1-15-6-8-20-19(10-15)25-22(26(20)12-17-11-24-14-29-17)9-7-16-13-28-21-5-3-2-4-18(21)23(16)27/h2-6,8,10-11,13-14H,7,9,12H2,1H3. The Bertz CT molecular complexity index is 1370. The molecule has 0 N–H and O–H groups in total. The van der Waals surface area contributed by atoms with E-state index in [0.29, 0.717) is 29.4 Å². The van der Waals surface area contributed by atoms with E-state index in [1.807, 2.05) is 36.0 Å². The van der Waals surface area contributed by atoms with Crippen molar-refractivity contribution in [1.29, 1.82) is 0 Å². The monoisotopic (exact) mass is 401 g/mol. The van der Waals surface area contributed by atoms with E-state index in [-0.39, 0.29) is 5.43 Å². The quantitative estimate of drug-likeness (QED) is 0.427. The summed E-state index contributed by atoms with van der Waals surface area (Å²) in [6.07, 6.45) is 4.73. The third kappa shape index (κ3) is 3.36. The van der Waals surface area contributed by atoms with Crippen molar-refractivity contribution in [3.8, 4) is 0 Å². The summed E-state index contributed by atoms with van der Waals surface area (Å²) in [6, 6.07) is 13.7. The van der Waals surface area contributed by atoms with Crippen molar-refractivity contribution in [3.05, 3.63) is 92.5 Å². The van der Waals surface area contributed by atoms with Crippen LogP contribution < -0.4 is 5.43 Å². The molecule has 0 spiro atoms. The van der Waals surface area contributed by atoms with Crippen molar-refractivity contribution in [1.82, 2.24) is 14.5 Å². The van der Waals surface area contributed by atoms with Gasteiger partial charge >= 0.3 is 0 Å². The molecule has 5 rings (SSSR count). The van der Waals surface area contributed by atoms with Crippen LogP contribution in [0.15, 0.2) is 69.6 Å². The molecule has 0 atom stereocenters.